The van der Waals surface area contributed by atoms with Crippen LogP contribution >= 0.6 is 12.2 Å². The van der Waals surface area contributed by atoms with Gasteiger partial charge in [-0.15, -0.1) is 0 Å². The van der Waals surface area contributed by atoms with Crippen molar-refractivity contribution in [1.82, 2.24) is 5.01 Å². The van der Waals surface area contributed by atoms with Crippen molar-refractivity contribution < 1.29 is 14.3 Å². The van der Waals surface area contributed by atoms with Gasteiger partial charge in [-0.1, -0.05) is 61.6 Å². The first-order chi connectivity index (χ1) is 12.6. The molecular formula is C20H18N2O3S. The first kappa shape index (κ1) is 16.1. The lowest BCUT2D eigenvalue weighted by Crippen LogP contribution is -2.49. The van der Waals surface area contributed by atoms with Gasteiger partial charge in [-0.05, 0) is 10.8 Å². The van der Waals surface area contributed by atoms with Crippen LogP contribution in [0.4, 0.5) is 0 Å². The number of rotatable bonds is 2. The molecule has 3 aliphatic rings. The number of ketones is 1. The third-order valence-corrected chi connectivity index (χ3v) is 5.95. The number of benzene rings is 2. The van der Waals surface area contributed by atoms with Crippen LogP contribution in [0.15, 0.2) is 47.6 Å². The number of carbonyl (C=O) groups excluding carboxylic acids is 1. The smallest absolute Gasteiger partial charge is 0.218 e. The molecule has 2 aromatic carbocycles. The van der Waals surface area contributed by atoms with Crippen molar-refractivity contribution in [3.8, 4) is 0 Å². The predicted molar refractivity (Wildman–Crippen MR) is 102 cm³/mol. The fourth-order valence-electron chi connectivity index (χ4n) is 4.01. The third kappa shape index (κ3) is 2.33. The number of carbonyl (C=O) groups is 1. The van der Waals surface area contributed by atoms with Crippen molar-refractivity contribution >= 4 is 39.5 Å². The summed E-state index contributed by atoms with van der Waals surface area (Å²) in [5.74, 6) is -0.0287. The Bertz CT molecular complexity index is 952. The Morgan fingerprint density at radius 1 is 1.19 bits per heavy atom. The summed E-state index contributed by atoms with van der Waals surface area (Å²) in [4.78, 5) is 12.9. The number of hydrogen-bond donors (Lipinski definition) is 0. The van der Waals surface area contributed by atoms with Crippen LogP contribution in [-0.4, -0.2) is 46.5 Å². The number of nitrogens with zero attached hydrogens (tertiary/aromatic N) is 2. The lowest BCUT2D eigenvalue weighted by Gasteiger charge is -2.32. The van der Waals surface area contributed by atoms with E-state index in [-0.39, 0.29) is 23.8 Å². The SMILES string of the molecule is CC1C(=S)N(C2CC(=O)C3OCC2O3)N=C1c1cccc2ccccc12. The Labute approximate surface area is 156 Å². The Balaban J connectivity index is 1.56. The number of hydrazone groups is 1. The highest BCUT2D eigenvalue weighted by Crippen LogP contribution is 2.34. The molecule has 0 N–H and O–H groups in total. The van der Waals surface area contributed by atoms with Crippen LogP contribution in [0.2, 0.25) is 0 Å². The van der Waals surface area contributed by atoms with Gasteiger partial charge in [0, 0.05) is 12.0 Å². The summed E-state index contributed by atoms with van der Waals surface area (Å²) in [6.45, 7) is 2.48. The van der Waals surface area contributed by atoms with Crippen LogP contribution in [0, 0.1) is 5.92 Å². The Kier molecular flexibility index (Phi) is 3.67. The Hall–Kier alpha value is -2.15. The van der Waals surface area contributed by atoms with Gasteiger partial charge in [0.05, 0.1) is 24.3 Å². The maximum absolute atomic E-state index is 12.2. The monoisotopic (exact) mass is 366 g/mol. The maximum atomic E-state index is 12.2. The molecule has 0 amide bonds. The molecule has 4 unspecified atom stereocenters. The maximum Gasteiger partial charge on any atom is 0.218 e. The number of fused-ring (bicyclic) bond motifs is 3. The van der Waals surface area contributed by atoms with E-state index in [4.69, 9.17) is 26.8 Å². The van der Waals surface area contributed by atoms with Gasteiger partial charge in [-0.25, -0.2) is 0 Å². The van der Waals surface area contributed by atoms with Gasteiger partial charge in [0.15, 0.2) is 5.78 Å². The van der Waals surface area contributed by atoms with E-state index in [2.05, 4.69) is 31.2 Å². The highest BCUT2D eigenvalue weighted by molar-refractivity contribution is 7.80. The second-order valence-electron chi connectivity index (χ2n) is 6.99. The predicted octanol–water partition coefficient (Wildman–Crippen LogP) is 2.91. The highest BCUT2D eigenvalue weighted by atomic mass is 32.1. The van der Waals surface area contributed by atoms with E-state index in [1.54, 1.807) is 0 Å². The first-order valence-electron chi connectivity index (χ1n) is 8.83. The minimum atomic E-state index is -0.702. The number of hydrogen-bond acceptors (Lipinski definition) is 5. The van der Waals surface area contributed by atoms with Crippen LogP contribution in [0.1, 0.15) is 18.9 Å². The van der Waals surface area contributed by atoms with E-state index in [1.165, 1.54) is 5.39 Å². The second kappa shape index (κ2) is 5.94. The molecule has 3 aliphatic heterocycles. The Morgan fingerprint density at radius 2 is 2.00 bits per heavy atom. The summed E-state index contributed by atoms with van der Waals surface area (Å²) in [6, 6.07) is 14.3. The van der Waals surface area contributed by atoms with Crippen molar-refractivity contribution in [2.24, 2.45) is 11.0 Å². The number of Topliss-reactive ketones (excluding diaryl/α,β-unsaturated/α-hetero) is 1. The Morgan fingerprint density at radius 3 is 2.88 bits per heavy atom. The van der Waals surface area contributed by atoms with E-state index in [9.17, 15) is 4.79 Å². The summed E-state index contributed by atoms with van der Waals surface area (Å²) >= 11 is 5.70. The molecular weight excluding hydrogens is 348 g/mol. The van der Waals surface area contributed by atoms with E-state index >= 15 is 0 Å². The van der Waals surface area contributed by atoms with Gasteiger partial charge in [0.1, 0.15) is 11.1 Å². The molecule has 26 heavy (non-hydrogen) atoms. The quantitative estimate of drug-likeness (QED) is 0.765. The molecule has 0 aliphatic carbocycles. The molecule has 2 bridgehead atoms. The van der Waals surface area contributed by atoms with Crippen LogP contribution < -0.4 is 0 Å². The van der Waals surface area contributed by atoms with Crippen LogP contribution in [0.5, 0.6) is 0 Å². The summed E-state index contributed by atoms with van der Waals surface area (Å²) in [5, 5.41) is 9.02. The summed E-state index contributed by atoms with van der Waals surface area (Å²) in [7, 11) is 0. The minimum absolute atomic E-state index is 0.00551. The molecule has 0 radical (unpaired) electrons. The van der Waals surface area contributed by atoms with Crippen molar-refractivity contribution in [2.75, 3.05) is 6.61 Å². The highest BCUT2D eigenvalue weighted by Gasteiger charge is 2.48. The molecule has 0 saturated carbocycles. The normalized spacial score (nSPS) is 31.0. The van der Waals surface area contributed by atoms with Crippen LogP contribution in [-0.2, 0) is 14.3 Å². The van der Waals surface area contributed by atoms with Crippen molar-refractivity contribution in [3.05, 3.63) is 48.0 Å². The number of ether oxygens (including phenoxy) is 2. The molecule has 0 aromatic heterocycles. The standard InChI is InChI=1S/C20H18N2O3S/c1-11-18(14-8-4-6-12-5-2-3-7-13(12)14)21-22(19(11)26)15-9-16(23)20-24-10-17(15)25-20/h2-8,11,15,17,20H,9-10H2,1H3. The summed E-state index contributed by atoms with van der Waals surface area (Å²) in [6.07, 6.45) is -0.515. The largest absolute Gasteiger partial charge is 0.343 e. The average molecular weight is 366 g/mol. The molecule has 0 spiro atoms. The lowest BCUT2D eigenvalue weighted by atomic mass is 9.94. The van der Waals surface area contributed by atoms with Gasteiger partial charge in [0.2, 0.25) is 6.29 Å². The van der Waals surface area contributed by atoms with Crippen molar-refractivity contribution in [3.63, 3.8) is 0 Å². The fraction of sp³-hybridized carbons (Fsp3) is 0.350. The van der Waals surface area contributed by atoms with E-state index in [0.717, 1.165) is 21.6 Å². The zero-order chi connectivity index (χ0) is 17.8. The lowest BCUT2D eigenvalue weighted by molar-refractivity contribution is -0.156. The van der Waals surface area contributed by atoms with Gasteiger partial charge in [0.25, 0.3) is 0 Å². The van der Waals surface area contributed by atoms with Crippen molar-refractivity contribution in [1.29, 1.82) is 0 Å². The second-order valence-corrected chi connectivity index (χ2v) is 7.41. The first-order valence-corrected chi connectivity index (χ1v) is 9.24. The van der Waals surface area contributed by atoms with Gasteiger partial charge >= 0.3 is 0 Å². The molecule has 132 valence electrons. The molecule has 5 rings (SSSR count). The summed E-state index contributed by atoms with van der Waals surface area (Å²) in [5.41, 5.74) is 2.03. The van der Waals surface area contributed by atoms with Crippen molar-refractivity contribution in [2.45, 2.75) is 31.8 Å². The van der Waals surface area contributed by atoms with E-state index < -0.39 is 6.29 Å². The van der Waals surface area contributed by atoms with Crippen LogP contribution in [0.25, 0.3) is 10.8 Å². The molecule has 5 nitrogen and oxygen atoms in total. The number of thiocarbonyl (C=S) groups is 1. The third-order valence-electron chi connectivity index (χ3n) is 5.41. The van der Waals surface area contributed by atoms with Gasteiger partial charge in [-0.3, -0.25) is 9.80 Å². The summed E-state index contributed by atoms with van der Waals surface area (Å²) < 4.78 is 11.1. The minimum Gasteiger partial charge on any atom is -0.343 e. The molecule has 2 aromatic rings. The fourth-order valence-corrected chi connectivity index (χ4v) is 4.30. The average Bonchev–Trinajstić information content (AvgIpc) is 3.22. The molecule has 2 saturated heterocycles. The molecule has 6 heteroatoms. The van der Waals surface area contributed by atoms with E-state index in [0.29, 0.717) is 13.0 Å². The van der Waals surface area contributed by atoms with E-state index in [1.807, 2.05) is 23.2 Å². The van der Waals surface area contributed by atoms with Gasteiger partial charge in [-0.2, -0.15) is 5.10 Å². The molecule has 4 atom stereocenters. The zero-order valence-electron chi connectivity index (χ0n) is 14.3. The van der Waals surface area contributed by atoms with Crippen LogP contribution in [0.3, 0.4) is 0 Å². The molecule has 3 heterocycles. The molecule has 2 fully saturated rings. The zero-order valence-corrected chi connectivity index (χ0v) is 15.1. The van der Waals surface area contributed by atoms with Gasteiger partial charge < -0.3 is 9.47 Å². The topological polar surface area (TPSA) is 51.1 Å².